The summed E-state index contributed by atoms with van der Waals surface area (Å²) in [7, 11) is 4.18. The molecular weight excluding hydrogens is 184 g/mol. The number of nitrogens with zero attached hydrogens (tertiary/aromatic N) is 1. The van der Waals surface area contributed by atoms with E-state index in [1.807, 2.05) is 7.05 Å². The largest absolute Gasteiger partial charge is 0.312 e. The fourth-order valence-corrected chi connectivity index (χ4v) is 1.76. The lowest BCUT2D eigenvalue weighted by Gasteiger charge is -2.24. The molecule has 0 aliphatic heterocycles. The smallest absolute Gasteiger partial charge is 0.0449 e. The van der Waals surface area contributed by atoms with Gasteiger partial charge in [0.25, 0.3) is 0 Å². The summed E-state index contributed by atoms with van der Waals surface area (Å²) in [6.45, 7) is 6.50. The molecule has 1 atom stereocenters. The Morgan fingerprint density at radius 1 is 1.33 bits per heavy atom. The molecule has 0 radical (unpaired) electrons. The standard InChI is InChI=1S/C13H22N2/c1-5-15(4)10-13(14-3)12-9-7-6-8-11(12)2/h6-9,13-14H,5,10H2,1-4H3. The average Bonchev–Trinajstić information content (AvgIpc) is 2.26. The number of aryl methyl sites for hydroxylation is 1. The van der Waals surface area contributed by atoms with Crippen LogP contribution in [-0.2, 0) is 0 Å². The number of rotatable bonds is 5. The van der Waals surface area contributed by atoms with Crippen molar-refractivity contribution >= 4 is 0 Å². The Kier molecular flexibility index (Phi) is 4.79. The van der Waals surface area contributed by atoms with Crippen molar-refractivity contribution in [2.45, 2.75) is 19.9 Å². The van der Waals surface area contributed by atoms with Crippen LogP contribution in [0.1, 0.15) is 24.1 Å². The van der Waals surface area contributed by atoms with Gasteiger partial charge in [0.15, 0.2) is 0 Å². The van der Waals surface area contributed by atoms with Crippen LogP contribution in [0.4, 0.5) is 0 Å². The molecular formula is C13H22N2. The summed E-state index contributed by atoms with van der Waals surface area (Å²) in [5.74, 6) is 0. The first-order valence-corrected chi connectivity index (χ1v) is 5.60. The molecule has 2 heteroatoms. The van der Waals surface area contributed by atoms with Gasteiger partial charge < -0.3 is 10.2 Å². The summed E-state index contributed by atoms with van der Waals surface area (Å²) in [6.07, 6.45) is 0. The molecule has 0 aliphatic carbocycles. The molecule has 1 aromatic rings. The van der Waals surface area contributed by atoms with E-state index in [1.165, 1.54) is 11.1 Å². The van der Waals surface area contributed by atoms with Crippen molar-refractivity contribution in [1.82, 2.24) is 10.2 Å². The molecule has 0 aromatic heterocycles. The second-order valence-electron chi connectivity index (χ2n) is 4.05. The summed E-state index contributed by atoms with van der Waals surface area (Å²) >= 11 is 0. The normalized spacial score (nSPS) is 13.1. The van der Waals surface area contributed by atoms with E-state index >= 15 is 0 Å². The molecule has 2 nitrogen and oxygen atoms in total. The third kappa shape index (κ3) is 3.33. The Balaban J connectivity index is 2.78. The van der Waals surface area contributed by atoms with E-state index in [4.69, 9.17) is 0 Å². The molecule has 15 heavy (non-hydrogen) atoms. The summed E-state index contributed by atoms with van der Waals surface area (Å²) in [6, 6.07) is 9.01. The summed E-state index contributed by atoms with van der Waals surface area (Å²) in [5, 5.41) is 3.38. The first-order valence-electron chi connectivity index (χ1n) is 5.60. The Labute approximate surface area is 93.3 Å². The van der Waals surface area contributed by atoms with Gasteiger partial charge in [-0.15, -0.1) is 0 Å². The second kappa shape index (κ2) is 5.89. The highest BCUT2D eigenvalue weighted by Crippen LogP contribution is 2.17. The SMILES string of the molecule is CCN(C)CC(NC)c1ccccc1C. The summed E-state index contributed by atoms with van der Waals surface area (Å²) < 4.78 is 0. The Morgan fingerprint density at radius 2 is 2.00 bits per heavy atom. The number of hydrogen-bond acceptors (Lipinski definition) is 2. The molecule has 0 aliphatic rings. The Bertz CT molecular complexity index is 296. The minimum atomic E-state index is 0.427. The minimum Gasteiger partial charge on any atom is -0.312 e. The zero-order valence-corrected chi connectivity index (χ0v) is 10.2. The number of nitrogens with one attached hydrogen (secondary N) is 1. The number of likely N-dealkylation sites (N-methyl/N-ethyl adjacent to an activating group) is 2. The maximum Gasteiger partial charge on any atom is 0.0449 e. The monoisotopic (exact) mass is 206 g/mol. The molecule has 1 N–H and O–H groups in total. The lowest BCUT2D eigenvalue weighted by Crippen LogP contribution is -2.31. The van der Waals surface area contributed by atoms with E-state index in [-0.39, 0.29) is 0 Å². The van der Waals surface area contributed by atoms with E-state index in [1.54, 1.807) is 0 Å². The van der Waals surface area contributed by atoms with Crippen molar-refractivity contribution in [3.63, 3.8) is 0 Å². The predicted molar refractivity (Wildman–Crippen MR) is 66.2 cm³/mol. The van der Waals surface area contributed by atoms with Gasteiger partial charge in [0.1, 0.15) is 0 Å². The molecule has 1 rings (SSSR count). The zero-order chi connectivity index (χ0) is 11.3. The molecule has 0 saturated carbocycles. The van der Waals surface area contributed by atoms with Crippen molar-refractivity contribution in [1.29, 1.82) is 0 Å². The Morgan fingerprint density at radius 3 is 2.53 bits per heavy atom. The van der Waals surface area contributed by atoms with Crippen LogP contribution >= 0.6 is 0 Å². The van der Waals surface area contributed by atoms with Crippen LogP contribution in [0.25, 0.3) is 0 Å². The highest BCUT2D eigenvalue weighted by Gasteiger charge is 2.12. The highest BCUT2D eigenvalue weighted by molar-refractivity contribution is 5.28. The number of hydrogen-bond donors (Lipinski definition) is 1. The van der Waals surface area contributed by atoms with E-state index in [0.29, 0.717) is 6.04 Å². The van der Waals surface area contributed by atoms with Crippen LogP contribution in [0.5, 0.6) is 0 Å². The molecule has 1 aromatic carbocycles. The average molecular weight is 206 g/mol. The topological polar surface area (TPSA) is 15.3 Å². The van der Waals surface area contributed by atoms with Gasteiger partial charge in [-0.05, 0) is 38.7 Å². The maximum absolute atomic E-state index is 3.38. The minimum absolute atomic E-state index is 0.427. The predicted octanol–water partition coefficient (Wildman–Crippen LogP) is 2.21. The van der Waals surface area contributed by atoms with Crippen LogP contribution in [0.3, 0.4) is 0 Å². The van der Waals surface area contributed by atoms with Crippen LogP contribution in [0, 0.1) is 6.92 Å². The van der Waals surface area contributed by atoms with Crippen molar-refractivity contribution in [2.75, 3.05) is 27.2 Å². The van der Waals surface area contributed by atoms with Gasteiger partial charge in [-0.3, -0.25) is 0 Å². The third-order valence-corrected chi connectivity index (χ3v) is 2.95. The van der Waals surface area contributed by atoms with Crippen molar-refractivity contribution in [3.8, 4) is 0 Å². The van der Waals surface area contributed by atoms with Crippen molar-refractivity contribution < 1.29 is 0 Å². The maximum atomic E-state index is 3.38. The van der Waals surface area contributed by atoms with Crippen molar-refractivity contribution in [3.05, 3.63) is 35.4 Å². The van der Waals surface area contributed by atoms with Gasteiger partial charge in [0.2, 0.25) is 0 Å². The molecule has 0 amide bonds. The zero-order valence-electron chi connectivity index (χ0n) is 10.2. The third-order valence-electron chi connectivity index (χ3n) is 2.95. The second-order valence-corrected chi connectivity index (χ2v) is 4.05. The summed E-state index contributed by atoms with van der Waals surface area (Å²) in [5.41, 5.74) is 2.77. The van der Waals surface area contributed by atoms with Gasteiger partial charge in [0.05, 0.1) is 0 Å². The van der Waals surface area contributed by atoms with Crippen LogP contribution in [0.2, 0.25) is 0 Å². The lowest BCUT2D eigenvalue weighted by molar-refractivity contribution is 0.310. The van der Waals surface area contributed by atoms with Gasteiger partial charge in [-0.25, -0.2) is 0 Å². The molecule has 0 fully saturated rings. The molecule has 0 saturated heterocycles. The van der Waals surface area contributed by atoms with Gasteiger partial charge in [0, 0.05) is 12.6 Å². The van der Waals surface area contributed by atoms with E-state index < -0.39 is 0 Å². The molecule has 84 valence electrons. The van der Waals surface area contributed by atoms with E-state index in [0.717, 1.165) is 13.1 Å². The van der Waals surface area contributed by atoms with E-state index in [2.05, 4.69) is 55.4 Å². The fraction of sp³-hybridized carbons (Fsp3) is 0.538. The van der Waals surface area contributed by atoms with Crippen LogP contribution in [0.15, 0.2) is 24.3 Å². The summed E-state index contributed by atoms with van der Waals surface area (Å²) in [4.78, 5) is 2.33. The van der Waals surface area contributed by atoms with Gasteiger partial charge in [-0.2, -0.15) is 0 Å². The lowest BCUT2D eigenvalue weighted by atomic mass is 10.0. The molecule has 0 bridgehead atoms. The van der Waals surface area contributed by atoms with Crippen LogP contribution in [-0.4, -0.2) is 32.1 Å². The van der Waals surface area contributed by atoms with Gasteiger partial charge in [-0.1, -0.05) is 31.2 Å². The molecule has 1 unspecified atom stereocenters. The molecule has 0 spiro atoms. The fourth-order valence-electron chi connectivity index (χ4n) is 1.76. The van der Waals surface area contributed by atoms with E-state index in [9.17, 15) is 0 Å². The highest BCUT2D eigenvalue weighted by atomic mass is 15.1. The quantitative estimate of drug-likeness (QED) is 0.794. The Hall–Kier alpha value is -0.860. The van der Waals surface area contributed by atoms with Crippen molar-refractivity contribution in [2.24, 2.45) is 0 Å². The first-order chi connectivity index (χ1) is 7.19. The van der Waals surface area contributed by atoms with Crippen LogP contribution < -0.4 is 5.32 Å². The first kappa shape index (κ1) is 12.2. The molecule has 0 heterocycles. The number of benzene rings is 1. The van der Waals surface area contributed by atoms with Gasteiger partial charge >= 0.3 is 0 Å².